The summed E-state index contributed by atoms with van der Waals surface area (Å²) in [5.74, 6) is -0.0991. The van der Waals surface area contributed by atoms with Crippen LogP contribution in [-0.2, 0) is 4.79 Å². The van der Waals surface area contributed by atoms with E-state index in [1.807, 2.05) is 6.07 Å². The first-order chi connectivity index (χ1) is 9.72. The van der Waals surface area contributed by atoms with Crippen molar-refractivity contribution in [3.8, 4) is 0 Å². The van der Waals surface area contributed by atoms with Crippen LogP contribution in [0, 0.1) is 5.92 Å². The van der Waals surface area contributed by atoms with Gasteiger partial charge in [0.2, 0.25) is 5.91 Å². The molecule has 0 atom stereocenters. The van der Waals surface area contributed by atoms with E-state index in [0.717, 1.165) is 25.7 Å². The average molecular weight is 272 g/mol. The summed E-state index contributed by atoms with van der Waals surface area (Å²) in [7, 11) is 0. The topological polar surface area (TPSA) is 58.2 Å². The van der Waals surface area contributed by atoms with E-state index in [0.29, 0.717) is 17.8 Å². The zero-order valence-electron chi connectivity index (χ0n) is 11.5. The molecule has 0 bridgehead atoms. The van der Waals surface area contributed by atoms with Crippen LogP contribution in [0.4, 0.5) is 5.69 Å². The number of para-hydroxylation sites is 1. The minimum atomic E-state index is -0.202. The normalized spacial score (nSPS) is 14.8. The molecule has 0 saturated heterocycles. The summed E-state index contributed by atoms with van der Waals surface area (Å²) in [6.07, 6.45) is 5.73. The summed E-state index contributed by atoms with van der Waals surface area (Å²) < 4.78 is 0. The molecule has 4 nitrogen and oxygen atoms in total. The van der Waals surface area contributed by atoms with Gasteiger partial charge in [0.25, 0.3) is 5.91 Å². The SMILES string of the molecule is C=CCNC(=O)c1ccccc1NC(=O)C1CCCC1. The van der Waals surface area contributed by atoms with Crippen LogP contribution in [0.5, 0.6) is 0 Å². The maximum atomic E-state index is 12.1. The van der Waals surface area contributed by atoms with E-state index < -0.39 is 0 Å². The van der Waals surface area contributed by atoms with Gasteiger partial charge in [-0.25, -0.2) is 0 Å². The molecular formula is C16H20N2O2. The van der Waals surface area contributed by atoms with E-state index >= 15 is 0 Å². The number of nitrogens with one attached hydrogen (secondary N) is 2. The van der Waals surface area contributed by atoms with Gasteiger partial charge in [-0.15, -0.1) is 6.58 Å². The van der Waals surface area contributed by atoms with Crippen molar-refractivity contribution in [1.82, 2.24) is 5.32 Å². The van der Waals surface area contributed by atoms with Crippen LogP contribution in [0.2, 0.25) is 0 Å². The number of benzene rings is 1. The van der Waals surface area contributed by atoms with Crippen molar-refractivity contribution in [2.75, 3.05) is 11.9 Å². The Kier molecular flexibility index (Phi) is 4.93. The lowest BCUT2D eigenvalue weighted by molar-refractivity contribution is -0.119. The molecule has 106 valence electrons. The highest BCUT2D eigenvalue weighted by atomic mass is 16.2. The van der Waals surface area contributed by atoms with Gasteiger partial charge in [-0.1, -0.05) is 31.1 Å². The standard InChI is InChI=1S/C16H20N2O2/c1-2-11-17-16(20)13-9-5-6-10-14(13)18-15(19)12-7-3-4-8-12/h2,5-6,9-10,12H,1,3-4,7-8,11H2,(H,17,20)(H,18,19). The van der Waals surface area contributed by atoms with E-state index in [-0.39, 0.29) is 17.7 Å². The number of carbonyl (C=O) groups is 2. The van der Waals surface area contributed by atoms with Gasteiger partial charge < -0.3 is 10.6 Å². The van der Waals surface area contributed by atoms with Crippen LogP contribution in [0.1, 0.15) is 36.0 Å². The number of amides is 2. The monoisotopic (exact) mass is 272 g/mol. The zero-order valence-corrected chi connectivity index (χ0v) is 11.5. The smallest absolute Gasteiger partial charge is 0.253 e. The minimum Gasteiger partial charge on any atom is -0.349 e. The van der Waals surface area contributed by atoms with Crippen molar-refractivity contribution < 1.29 is 9.59 Å². The van der Waals surface area contributed by atoms with Crippen molar-refractivity contribution in [2.24, 2.45) is 5.92 Å². The molecule has 1 aliphatic rings. The van der Waals surface area contributed by atoms with Crippen molar-refractivity contribution >= 4 is 17.5 Å². The van der Waals surface area contributed by atoms with E-state index in [1.54, 1.807) is 24.3 Å². The molecule has 1 aliphatic carbocycles. The summed E-state index contributed by atoms with van der Waals surface area (Å²) in [5.41, 5.74) is 1.06. The quantitative estimate of drug-likeness (QED) is 0.810. The van der Waals surface area contributed by atoms with Crippen LogP contribution in [0.25, 0.3) is 0 Å². The molecule has 2 N–H and O–H groups in total. The summed E-state index contributed by atoms with van der Waals surface area (Å²) in [4.78, 5) is 24.2. The molecule has 1 aromatic rings. The van der Waals surface area contributed by atoms with Gasteiger partial charge in [0.1, 0.15) is 0 Å². The Bertz CT molecular complexity index is 505. The Hall–Kier alpha value is -2.10. The van der Waals surface area contributed by atoms with Crippen LogP contribution in [0.3, 0.4) is 0 Å². The summed E-state index contributed by atoms with van der Waals surface area (Å²) >= 11 is 0. The molecule has 2 rings (SSSR count). The molecule has 1 aromatic carbocycles. The molecule has 0 spiro atoms. The van der Waals surface area contributed by atoms with Gasteiger partial charge in [-0.3, -0.25) is 9.59 Å². The van der Waals surface area contributed by atoms with E-state index in [1.165, 1.54) is 0 Å². The second-order valence-corrected chi connectivity index (χ2v) is 5.01. The lowest BCUT2D eigenvalue weighted by Gasteiger charge is -2.13. The van der Waals surface area contributed by atoms with Gasteiger partial charge in [0.05, 0.1) is 11.3 Å². The third kappa shape index (κ3) is 3.47. The summed E-state index contributed by atoms with van der Waals surface area (Å²) in [6, 6.07) is 7.07. The van der Waals surface area contributed by atoms with Gasteiger partial charge in [0, 0.05) is 12.5 Å². The Labute approximate surface area is 119 Å². The highest BCUT2D eigenvalue weighted by Crippen LogP contribution is 2.26. The predicted molar refractivity (Wildman–Crippen MR) is 79.6 cm³/mol. The van der Waals surface area contributed by atoms with Crippen molar-refractivity contribution in [3.05, 3.63) is 42.5 Å². The number of anilines is 1. The first-order valence-corrected chi connectivity index (χ1v) is 7.01. The van der Waals surface area contributed by atoms with Gasteiger partial charge >= 0.3 is 0 Å². The molecule has 0 heterocycles. The number of rotatable bonds is 5. The van der Waals surface area contributed by atoms with Gasteiger partial charge in [-0.2, -0.15) is 0 Å². The zero-order chi connectivity index (χ0) is 14.4. The first-order valence-electron chi connectivity index (χ1n) is 7.01. The molecule has 1 fully saturated rings. The summed E-state index contributed by atoms with van der Waals surface area (Å²) in [6.45, 7) is 3.97. The number of hydrogen-bond donors (Lipinski definition) is 2. The number of carbonyl (C=O) groups excluding carboxylic acids is 2. The average Bonchev–Trinajstić information content (AvgIpc) is 2.99. The van der Waals surface area contributed by atoms with E-state index in [2.05, 4.69) is 17.2 Å². The highest BCUT2D eigenvalue weighted by Gasteiger charge is 2.23. The molecule has 4 heteroatoms. The third-order valence-electron chi connectivity index (χ3n) is 3.56. The fourth-order valence-electron chi connectivity index (χ4n) is 2.47. The fourth-order valence-corrected chi connectivity index (χ4v) is 2.47. The lowest BCUT2D eigenvalue weighted by Crippen LogP contribution is -2.26. The number of hydrogen-bond acceptors (Lipinski definition) is 2. The Morgan fingerprint density at radius 3 is 2.65 bits per heavy atom. The summed E-state index contributed by atoms with van der Waals surface area (Å²) in [5, 5.41) is 5.61. The molecular weight excluding hydrogens is 252 g/mol. The minimum absolute atomic E-state index is 0.0199. The fraction of sp³-hybridized carbons (Fsp3) is 0.375. The van der Waals surface area contributed by atoms with Crippen LogP contribution >= 0.6 is 0 Å². The Morgan fingerprint density at radius 2 is 1.95 bits per heavy atom. The molecule has 0 unspecified atom stereocenters. The van der Waals surface area contributed by atoms with Crippen molar-refractivity contribution in [1.29, 1.82) is 0 Å². The van der Waals surface area contributed by atoms with E-state index in [9.17, 15) is 9.59 Å². The van der Waals surface area contributed by atoms with Crippen molar-refractivity contribution in [2.45, 2.75) is 25.7 Å². The van der Waals surface area contributed by atoms with Crippen molar-refractivity contribution in [3.63, 3.8) is 0 Å². The molecule has 1 saturated carbocycles. The highest BCUT2D eigenvalue weighted by molar-refractivity contribution is 6.04. The Balaban J connectivity index is 2.08. The third-order valence-corrected chi connectivity index (χ3v) is 3.56. The van der Waals surface area contributed by atoms with E-state index in [4.69, 9.17) is 0 Å². The molecule has 0 radical (unpaired) electrons. The molecule has 20 heavy (non-hydrogen) atoms. The van der Waals surface area contributed by atoms with Gasteiger partial charge in [0.15, 0.2) is 0 Å². The van der Waals surface area contributed by atoms with Gasteiger partial charge in [-0.05, 0) is 25.0 Å². The molecule has 0 aromatic heterocycles. The van der Waals surface area contributed by atoms with Crippen LogP contribution in [-0.4, -0.2) is 18.4 Å². The van der Waals surface area contributed by atoms with Crippen LogP contribution in [0.15, 0.2) is 36.9 Å². The second-order valence-electron chi connectivity index (χ2n) is 5.01. The Morgan fingerprint density at radius 1 is 1.25 bits per heavy atom. The molecule has 2 amide bonds. The maximum Gasteiger partial charge on any atom is 0.253 e. The lowest BCUT2D eigenvalue weighted by atomic mass is 10.1. The first kappa shape index (κ1) is 14.3. The predicted octanol–water partition coefficient (Wildman–Crippen LogP) is 2.73. The second kappa shape index (κ2) is 6.89. The maximum absolute atomic E-state index is 12.1. The molecule has 0 aliphatic heterocycles. The van der Waals surface area contributed by atoms with Crippen LogP contribution < -0.4 is 10.6 Å². The largest absolute Gasteiger partial charge is 0.349 e.